The Morgan fingerprint density at radius 1 is 0.343 bits per heavy atom. The van der Waals surface area contributed by atoms with E-state index < -0.39 is 12.1 Å². The first-order valence-corrected chi connectivity index (χ1v) is 31.4. The van der Waals surface area contributed by atoms with Crippen LogP contribution in [0, 0.1) is 0 Å². The molecule has 0 fully saturated rings. The maximum Gasteiger partial charge on any atom is 0.220 e. The minimum atomic E-state index is -0.657. The summed E-state index contributed by atoms with van der Waals surface area (Å²) >= 11 is 0. The average Bonchev–Trinajstić information content (AvgIpc) is 3.33. The Balaban J connectivity index is 3.36. The van der Waals surface area contributed by atoms with Gasteiger partial charge in [0.1, 0.15) is 0 Å². The first kappa shape index (κ1) is 66.1. The molecular formula is C63H125NO3. The zero-order chi connectivity index (χ0) is 48.5. The molecule has 2 atom stereocenters. The Hall–Kier alpha value is -0.870. The van der Waals surface area contributed by atoms with Crippen LogP contribution in [0.15, 0.2) is 12.2 Å². The molecule has 67 heavy (non-hydrogen) atoms. The normalized spacial score (nSPS) is 12.7. The van der Waals surface area contributed by atoms with Gasteiger partial charge in [-0.3, -0.25) is 4.79 Å². The van der Waals surface area contributed by atoms with E-state index in [0.29, 0.717) is 12.8 Å². The fourth-order valence-electron chi connectivity index (χ4n) is 10.2. The second-order valence-corrected chi connectivity index (χ2v) is 21.8. The van der Waals surface area contributed by atoms with E-state index in [1.165, 1.54) is 315 Å². The summed E-state index contributed by atoms with van der Waals surface area (Å²) in [5.74, 6) is -0.0233. The summed E-state index contributed by atoms with van der Waals surface area (Å²) in [6.07, 6.45) is 78.1. The number of hydrogen-bond acceptors (Lipinski definition) is 3. The lowest BCUT2D eigenvalue weighted by atomic mass is 10.0. The van der Waals surface area contributed by atoms with Crippen molar-refractivity contribution in [3.8, 4) is 0 Å². The number of amides is 1. The number of carbonyl (C=O) groups is 1. The van der Waals surface area contributed by atoms with Gasteiger partial charge in [-0.25, -0.2) is 0 Å². The molecule has 4 heteroatoms. The van der Waals surface area contributed by atoms with Crippen molar-refractivity contribution in [3.05, 3.63) is 12.2 Å². The third-order valence-electron chi connectivity index (χ3n) is 15.0. The topological polar surface area (TPSA) is 69.6 Å². The van der Waals surface area contributed by atoms with Crippen LogP contribution in [0.25, 0.3) is 0 Å². The number of hydrogen-bond donors (Lipinski definition) is 3. The molecule has 0 saturated heterocycles. The predicted molar refractivity (Wildman–Crippen MR) is 299 cm³/mol. The first-order chi connectivity index (χ1) is 33.2. The highest BCUT2D eigenvalue weighted by atomic mass is 16.3. The van der Waals surface area contributed by atoms with Gasteiger partial charge in [-0.15, -0.1) is 0 Å². The van der Waals surface area contributed by atoms with Crippen molar-refractivity contribution in [1.82, 2.24) is 5.32 Å². The second-order valence-electron chi connectivity index (χ2n) is 21.8. The fraction of sp³-hybridized carbons (Fsp3) is 0.952. The highest BCUT2D eigenvalue weighted by Gasteiger charge is 2.20. The SMILES string of the molecule is CCCCCCCCCCCCCCCCCC/C=C\CCCCCCCCCCCCCCCCCCCC(=O)NC(CO)C(O)CCCCCCCCCCCCCCCCCCCC. The van der Waals surface area contributed by atoms with E-state index in [2.05, 4.69) is 31.3 Å². The third-order valence-corrected chi connectivity index (χ3v) is 15.0. The van der Waals surface area contributed by atoms with Gasteiger partial charge in [-0.05, 0) is 38.5 Å². The van der Waals surface area contributed by atoms with Crippen molar-refractivity contribution in [1.29, 1.82) is 0 Å². The van der Waals surface area contributed by atoms with Gasteiger partial charge in [0.05, 0.1) is 18.8 Å². The van der Waals surface area contributed by atoms with Crippen LogP contribution in [0.5, 0.6) is 0 Å². The van der Waals surface area contributed by atoms with Gasteiger partial charge in [0.25, 0.3) is 0 Å². The molecule has 2 unspecified atom stereocenters. The largest absolute Gasteiger partial charge is 0.394 e. The van der Waals surface area contributed by atoms with Crippen LogP contribution in [0.1, 0.15) is 367 Å². The molecule has 0 aromatic rings. The third kappa shape index (κ3) is 55.9. The van der Waals surface area contributed by atoms with Gasteiger partial charge >= 0.3 is 0 Å². The van der Waals surface area contributed by atoms with Crippen LogP contribution in [0.3, 0.4) is 0 Å². The van der Waals surface area contributed by atoms with E-state index in [-0.39, 0.29) is 12.5 Å². The van der Waals surface area contributed by atoms with Crippen molar-refractivity contribution in [2.45, 2.75) is 379 Å². The zero-order valence-corrected chi connectivity index (χ0v) is 46.2. The van der Waals surface area contributed by atoms with E-state index >= 15 is 0 Å². The second kappa shape index (κ2) is 59.4. The van der Waals surface area contributed by atoms with Crippen molar-refractivity contribution in [3.63, 3.8) is 0 Å². The molecule has 0 aromatic heterocycles. The van der Waals surface area contributed by atoms with Crippen LogP contribution in [0.4, 0.5) is 0 Å². The summed E-state index contributed by atoms with van der Waals surface area (Å²) in [6, 6.07) is -0.533. The summed E-state index contributed by atoms with van der Waals surface area (Å²) in [6.45, 7) is 4.40. The number of unbranched alkanes of at least 4 members (excludes halogenated alkanes) is 50. The van der Waals surface area contributed by atoms with Gasteiger partial charge in [0, 0.05) is 6.42 Å². The quantitative estimate of drug-likeness (QED) is 0.0420. The molecule has 0 radical (unpaired) electrons. The summed E-state index contributed by atoms with van der Waals surface area (Å²) in [4.78, 5) is 12.5. The number of carbonyl (C=O) groups excluding carboxylic acids is 1. The Labute approximate surface area is 422 Å². The minimum Gasteiger partial charge on any atom is -0.394 e. The molecule has 0 aliphatic rings. The van der Waals surface area contributed by atoms with Crippen LogP contribution in [0.2, 0.25) is 0 Å². The van der Waals surface area contributed by atoms with Crippen molar-refractivity contribution < 1.29 is 15.0 Å². The van der Waals surface area contributed by atoms with Gasteiger partial charge in [0.15, 0.2) is 0 Å². The molecule has 0 heterocycles. The lowest BCUT2D eigenvalue weighted by Gasteiger charge is -2.22. The Bertz CT molecular complexity index is 936. The van der Waals surface area contributed by atoms with Crippen LogP contribution in [-0.4, -0.2) is 34.9 Å². The van der Waals surface area contributed by atoms with Crippen LogP contribution < -0.4 is 5.32 Å². The standard InChI is InChI=1S/C63H125NO3/c1-3-5-7-9-11-13-15-17-19-21-23-24-25-26-27-28-29-30-31-32-33-34-35-36-37-38-39-40-41-43-45-47-49-51-53-55-57-59-63(67)64-61(60-65)62(66)58-56-54-52-50-48-46-44-42-22-20-18-16-14-12-10-8-6-4-2/h30-31,61-62,65-66H,3-29,32-60H2,1-2H3,(H,64,67)/b31-30-. The monoisotopic (exact) mass is 944 g/mol. The molecule has 0 aromatic carbocycles. The van der Waals surface area contributed by atoms with Gasteiger partial charge in [-0.1, -0.05) is 334 Å². The smallest absolute Gasteiger partial charge is 0.220 e. The van der Waals surface area contributed by atoms with Gasteiger partial charge < -0.3 is 15.5 Å². The Kier molecular flexibility index (Phi) is 58.7. The predicted octanol–water partition coefficient (Wildman–Crippen LogP) is 20.9. The summed E-state index contributed by atoms with van der Waals surface area (Å²) < 4.78 is 0. The summed E-state index contributed by atoms with van der Waals surface area (Å²) in [7, 11) is 0. The Morgan fingerprint density at radius 3 is 0.821 bits per heavy atom. The molecule has 0 spiro atoms. The number of rotatable bonds is 59. The molecule has 400 valence electrons. The summed E-state index contributed by atoms with van der Waals surface area (Å²) in [5.41, 5.74) is 0. The van der Waals surface area contributed by atoms with Crippen molar-refractivity contribution in [2.24, 2.45) is 0 Å². The van der Waals surface area contributed by atoms with Gasteiger partial charge in [-0.2, -0.15) is 0 Å². The van der Waals surface area contributed by atoms with Crippen LogP contribution in [-0.2, 0) is 4.79 Å². The van der Waals surface area contributed by atoms with Crippen LogP contribution >= 0.6 is 0 Å². The average molecular weight is 945 g/mol. The molecule has 0 aliphatic carbocycles. The molecule has 3 N–H and O–H groups in total. The number of aliphatic hydroxyl groups is 2. The van der Waals surface area contributed by atoms with E-state index in [1.807, 2.05) is 0 Å². The lowest BCUT2D eigenvalue weighted by Crippen LogP contribution is -2.45. The van der Waals surface area contributed by atoms with Gasteiger partial charge in [0.2, 0.25) is 5.91 Å². The van der Waals surface area contributed by atoms with Crippen molar-refractivity contribution >= 4 is 5.91 Å². The molecular weight excluding hydrogens is 819 g/mol. The first-order valence-electron chi connectivity index (χ1n) is 31.4. The van der Waals surface area contributed by atoms with E-state index in [9.17, 15) is 15.0 Å². The molecule has 0 aliphatic heterocycles. The number of nitrogens with one attached hydrogen (secondary N) is 1. The molecule has 4 nitrogen and oxygen atoms in total. The fourth-order valence-corrected chi connectivity index (χ4v) is 10.2. The van der Waals surface area contributed by atoms with E-state index in [4.69, 9.17) is 0 Å². The molecule has 0 rings (SSSR count). The summed E-state index contributed by atoms with van der Waals surface area (Å²) in [5, 5.41) is 23.4. The van der Waals surface area contributed by atoms with E-state index in [1.54, 1.807) is 0 Å². The number of aliphatic hydroxyl groups excluding tert-OH is 2. The van der Waals surface area contributed by atoms with E-state index in [0.717, 1.165) is 25.7 Å². The lowest BCUT2D eigenvalue weighted by molar-refractivity contribution is -0.123. The zero-order valence-electron chi connectivity index (χ0n) is 46.2. The number of allylic oxidation sites excluding steroid dienone is 2. The van der Waals surface area contributed by atoms with Crippen molar-refractivity contribution in [2.75, 3.05) is 6.61 Å². The maximum atomic E-state index is 12.5. The highest BCUT2D eigenvalue weighted by Crippen LogP contribution is 2.19. The Morgan fingerprint density at radius 2 is 0.567 bits per heavy atom. The molecule has 1 amide bonds. The minimum absolute atomic E-state index is 0.0233. The highest BCUT2D eigenvalue weighted by molar-refractivity contribution is 5.76. The maximum absolute atomic E-state index is 12.5. The molecule has 0 bridgehead atoms. The molecule has 0 saturated carbocycles.